The zero-order valence-electron chi connectivity index (χ0n) is 15.3. The highest BCUT2D eigenvalue weighted by atomic mass is 32.2. The average molecular weight is 365 g/mol. The van der Waals surface area contributed by atoms with E-state index in [1.807, 2.05) is 18.2 Å². The van der Waals surface area contributed by atoms with Crippen molar-refractivity contribution in [1.29, 1.82) is 0 Å². The fourth-order valence-corrected chi connectivity index (χ4v) is 5.79. The van der Waals surface area contributed by atoms with Gasteiger partial charge in [-0.1, -0.05) is 39.0 Å². The molecule has 132 valence electrons. The molecule has 2 heterocycles. The number of carbonyl (C=O) groups is 1. The van der Waals surface area contributed by atoms with E-state index in [1.54, 1.807) is 11.8 Å². The largest absolute Gasteiger partial charge is 0.411 e. The van der Waals surface area contributed by atoms with E-state index in [2.05, 4.69) is 46.0 Å². The Bertz CT molecular complexity index is 611. The number of carbonyl (C=O) groups excluding carboxylic acids is 1. The first-order valence-electron chi connectivity index (χ1n) is 8.70. The first kappa shape index (κ1) is 18.2. The lowest BCUT2D eigenvalue weighted by Crippen LogP contribution is -2.62. The lowest BCUT2D eigenvalue weighted by molar-refractivity contribution is -0.154. The van der Waals surface area contributed by atoms with Crippen LogP contribution < -0.4 is 0 Å². The molecule has 1 aromatic rings. The van der Waals surface area contributed by atoms with Crippen molar-refractivity contribution in [2.24, 2.45) is 0 Å². The molecular formula is C19H28O3SSi. The number of fused-ring (bicyclic) bond motifs is 3. The molecule has 3 aliphatic rings. The summed E-state index contributed by atoms with van der Waals surface area (Å²) in [6.45, 7) is 11.8. The van der Waals surface area contributed by atoms with E-state index in [0.717, 1.165) is 11.3 Å². The highest BCUT2D eigenvalue weighted by Crippen LogP contribution is 2.49. The SMILES string of the molecule is CC(C)(C)[Si](C)(C)O[C@H]1C[C@]2(Sc3ccccc3)CO[C@H]1CC2=O. The minimum atomic E-state index is -1.88. The zero-order valence-corrected chi connectivity index (χ0v) is 17.1. The number of ether oxygens (including phenoxy) is 1. The van der Waals surface area contributed by atoms with Gasteiger partial charge >= 0.3 is 0 Å². The fraction of sp³-hybridized carbons (Fsp3) is 0.632. The summed E-state index contributed by atoms with van der Waals surface area (Å²) in [6.07, 6.45) is 1.22. The Kier molecular flexibility index (Phi) is 4.75. The predicted molar refractivity (Wildman–Crippen MR) is 101 cm³/mol. The summed E-state index contributed by atoms with van der Waals surface area (Å²) in [4.78, 5) is 13.9. The van der Waals surface area contributed by atoms with Crippen LogP contribution in [0.15, 0.2) is 35.2 Å². The molecule has 0 spiro atoms. The number of Topliss-reactive ketones (excluding diaryl/α,β-unsaturated/α-hetero) is 1. The van der Waals surface area contributed by atoms with Crippen molar-refractivity contribution >= 4 is 25.9 Å². The van der Waals surface area contributed by atoms with Gasteiger partial charge in [0, 0.05) is 11.3 Å². The highest BCUT2D eigenvalue weighted by Gasteiger charge is 2.55. The van der Waals surface area contributed by atoms with Crippen LogP contribution in [0.3, 0.4) is 0 Å². The number of ketones is 1. The van der Waals surface area contributed by atoms with Gasteiger partial charge in [-0.2, -0.15) is 0 Å². The van der Waals surface area contributed by atoms with Crippen molar-refractivity contribution in [3.63, 3.8) is 0 Å². The van der Waals surface area contributed by atoms with E-state index >= 15 is 0 Å². The number of benzene rings is 1. The molecule has 2 aliphatic heterocycles. The molecule has 1 saturated carbocycles. The van der Waals surface area contributed by atoms with Gasteiger partial charge in [0.2, 0.25) is 0 Å². The Morgan fingerprint density at radius 3 is 2.50 bits per heavy atom. The Labute approximate surface area is 150 Å². The van der Waals surface area contributed by atoms with Crippen LogP contribution in [0.1, 0.15) is 33.6 Å². The third-order valence-corrected chi connectivity index (χ3v) is 11.6. The van der Waals surface area contributed by atoms with E-state index in [1.165, 1.54) is 0 Å². The van der Waals surface area contributed by atoms with Gasteiger partial charge in [-0.15, -0.1) is 11.8 Å². The molecule has 1 aliphatic carbocycles. The fourth-order valence-electron chi connectivity index (χ4n) is 3.13. The summed E-state index contributed by atoms with van der Waals surface area (Å²) >= 11 is 1.66. The molecule has 0 radical (unpaired) electrons. The van der Waals surface area contributed by atoms with E-state index in [0.29, 0.717) is 18.8 Å². The zero-order chi connectivity index (χ0) is 17.6. The van der Waals surface area contributed by atoms with Crippen LogP contribution in [0.25, 0.3) is 0 Å². The number of thioether (sulfide) groups is 1. The van der Waals surface area contributed by atoms with E-state index in [9.17, 15) is 4.79 Å². The second kappa shape index (κ2) is 6.27. The molecule has 3 fully saturated rings. The van der Waals surface area contributed by atoms with Crippen LogP contribution >= 0.6 is 11.8 Å². The second-order valence-electron chi connectivity index (χ2n) is 8.51. The van der Waals surface area contributed by atoms with Crippen molar-refractivity contribution in [3.8, 4) is 0 Å². The molecule has 0 amide bonds. The van der Waals surface area contributed by atoms with Crippen molar-refractivity contribution in [2.45, 2.75) is 73.6 Å². The summed E-state index contributed by atoms with van der Waals surface area (Å²) in [6, 6.07) is 10.2. The van der Waals surface area contributed by atoms with Gasteiger partial charge in [-0.25, -0.2) is 0 Å². The average Bonchev–Trinajstić information content (AvgIpc) is 2.48. The first-order chi connectivity index (χ1) is 11.1. The number of hydrogen-bond donors (Lipinski definition) is 0. The van der Waals surface area contributed by atoms with Gasteiger partial charge in [0.25, 0.3) is 0 Å². The van der Waals surface area contributed by atoms with Gasteiger partial charge in [-0.05, 0) is 36.7 Å². The highest BCUT2D eigenvalue weighted by molar-refractivity contribution is 8.01. The topological polar surface area (TPSA) is 35.5 Å². The minimum Gasteiger partial charge on any atom is -0.411 e. The van der Waals surface area contributed by atoms with E-state index in [-0.39, 0.29) is 17.2 Å². The third kappa shape index (κ3) is 3.36. The Morgan fingerprint density at radius 1 is 1.25 bits per heavy atom. The lowest BCUT2D eigenvalue weighted by atomic mass is 9.81. The molecule has 2 saturated heterocycles. The van der Waals surface area contributed by atoms with Gasteiger partial charge in [0.15, 0.2) is 14.1 Å². The van der Waals surface area contributed by atoms with Crippen LogP contribution in [-0.2, 0) is 14.0 Å². The van der Waals surface area contributed by atoms with Crippen LogP contribution in [0.2, 0.25) is 18.1 Å². The quantitative estimate of drug-likeness (QED) is 0.727. The molecule has 1 aromatic carbocycles. The van der Waals surface area contributed by atoms with Gasteiger partial charge in [-0.3, -0.25) is 4.79 Å². The summed E-state index contributed by atoms with van der Waals surface area (Å²) in [5, 5.41) is 0.160. The second-order valence-corrected chi connectivity index (χ2v) is 14.7. The molecule has 3 atom stereocenters. The van der Waals surface area contributed by atoms with Gasteiger partial charge in [0.1, 0.15) is 4.75 Å². The van der Waals surface area contributed by atoms with Crippen molar-refractivity contribution < 1.29 is 14.0 Å². The molecule has 0 aromatic heterocycles. The monoisotopic (exact) mass is 364 g/mol. The maximum absolute atomic E-state index is 12.7. The minimum absolute atomic E-state index is 0.0357. The molecule has 0 unspecified atom stereocenters. The van der Waals surface area contributed by atoms with Gasteiger partial charge < -0.3 is 9.16 Å². The molecule has 24 heavy (non-hydrogen) atoms. The maximum atomic E-state index is 12.7. The van der Waals surface area contributed by atoms with Crippen molar-refractivity contribution in [3.05, 3.63) is 30.3 Å². The van der Waals surface area contributed by atoms with E-state index < -0.39 is 13.1 Å². The Hall–Kier alpha value is -0.623. The summed E-state index contributed by atoms with van der Waals surface area (Å²) < 4.78 is 12.2. The summed E-state index contributed by atoms with van der Waals surface area (Å²) in [5.41, 5.74) is 0. The number of rotatable bonds is 4. The molecule has 4 rings (SSSR count). The van der Waals surface area contributed by atoms with Crippen LogP contribution in [0, 0.1) is 0 Å². The normalized spacial score (nSPS) is 30.6. The van der Waals surface area contributed by atoms with E-state index in [4.69, 9.17) is 9.16 Å². The standard InChI is InChI=1S/C19H28O3SSi/c1-18(2,3)24(4,5)22-16-12-19(13-21-15(16)11-17(19)20)23-14-9-7-6-8-10-14/h6-10,15-16H,11-13H2,1-5H3/t15-,16-,19-/m0/s1. The van der Waals surface area contributed by atoms with Crippen LogP contribution in [-0.4, -0.2) is 37.7 Å². The van der Waals surface area contributed by atoms with Crippen LogP contribution in [0.5, 0.6) is 0 Å². The smallest absolute Gasteiger partial charge is 0.192 e. The predicted octanol–water partition coefficient (Wildman–Crippen LogP) is 4.67. The molecule has 5 heteroatoms. The van der Waals surface area contributed by atoms with Crippen molar-refractivity contribution in [1.82, 2.24) is 0 Å². The summed E-state index contributed by atoms with van der Waals surface area (Å²) in [7, 11) is -1.88. The Balaban J connectivity index is 1.80. The molecular weight excluding hydrogens is 336 g/mol. The lowest BCUT2D eigenvalue weighted by Gasteiger charge is -2.51. The van der Waals surface area contributed by atoms with Crippen molar-refractivity contribution in [2.75, 3.05) is 6.61 Å². The molecule has 2 bridgehead atoms. The number of hydrogen-bond acceptors (Lipinski definition) is 4. The van der Waals surface area contributed by atoms with Crippen LogP contribution in [0.4, 0.5) is 0 Å². The van der Waals surface area contributed by atoms with Gasteiger partial charge in [0.05, 0.1) is 18.8 Å². The molecule has 0 N–H and O–H groups in total. The third-order valence-electron chi connectivity index (χ3n) is 5.68. The first-order valence-corrected chi connectivity index (χ1v) is 12.4. The maximum Gasteiger partial charge on any atom is 0.192 e. The molecule has 3 nitrogen and oxygen atoms in total. The summed E-state index contributed by atoms with van der Waals surface area (Å²) in [5.74, 6) is 0.322. The Morgan fingerprint density at radius 2 is 1.92 bits per heavy atom.